The number of rotatable bonds is 6. The van der Waals surface area contributed by atoms with Crippen molar-refractivity contribution < 1.29 is 19.1 Å². The highest BCUT2D eigenvalue weighted by Crippen LogP contribution is 2.19. The van der Waals surface area contributed by atoms with Crippen LogP contribution in [-0.4, -0.2) is 25.0 Å². The van der Waals surface area contributed by atoms with E-state index in [4.69, 9.17) is 9.47 Å². The number of ether oxygens (including phenoxy) is 2. The maximum Gasteiger partial charge on any atom is 0.344 e. The summed E-state index contributed by atoms with van der Waals surface area (Å²) in [6.45, 7) is 9.04. The van der Waals surface area contributed by atoms with Crippen molar-refractivity contribution in [3.8, 4) is 5.75 Å². The predicted octanol–water partition coefficient (Wildman–Crippen LogP) is 2.70. The molecular weight excluding hydrogens is 244 g/mol. The van der Waals surface area contributed by atoms with Gasteiger partial charge in [-0.15, -0.1) is 0 Å². The molecule has 0 amide bonds. The van der Waals surface area contributed by atoms with Gasteiger partial charge >= 0.3 is 5.97 Å². The van der Waals surface area contributed by atoms with Gasteiger partial charge in [-0.3, -0.25) is 4.79 Å². The van der Waals surface area contributed by atoms with Gasteiger partial charge in [-0.2, -0.15) is 0 Å². The van der Waals surface area contributed by atoms with Crippen LogP contribution >= 0.6 is 0 Å². The van der Waals surface area contributed by atoms with E-state index in [1.165, 1.54) is 0 Å². The molecule has 0 spiro atoms. The Morgan fingerprint density at radius 2 is 2.00 bits per heavy atom. The fourth-order valence-corrected chi connectivity index (χ4v) is 1.56. The van der Waals surface area contributed by atoms with E-state index < -0.39 is 5.97 Å². The lowest BCUT2D eigenvalue weighted by atomic mass is 10.0. The summed E-state index contributed by atoms with van der Waals surface area (Å²) in [7, 11) is 0. The van der Waals surface area contributed by atoms with Gasteiger partial charge in [-0.25, -0.2) is 4.79 Å². The third-order valence-electron chi connectivity index (χ3n) is 2.49. The summed E-state index contributed by atoms with van der Waals surface area (Å²) in [6.07, 6.45) is 0. The lowest BCUT2D eigenvalue weighted by molar-refractivity contribution is -0.145. The van der Waals surface area contributed by atoms with Gasteiger partial charge in [0.2, 0.25) is 0 Å². The highest BCUT2D eigenvalue weighted by molar-refractivity contribution is 6.08. The minimum absolute atomic E-state index is 0.0885. The van der Waals surface area contributed by atoms with Crippen LogP contribution in [0.1, 0.15) is 29.8 Å². The summed E-state index contributed by atoms with van der Waals surface area (Å²) in [5, 5.41) is 0. The number of allylic oxidation sites excluding steroid dienone is 1. The second-order valence-corrected chi connectivity index (χ2v) is 4.18. The minimum atomic E-state index is -0.415. The molecule has 0 aliphatic carbocycles. The monoisotopic (exact) mass is 262 g/mol. The third kappa shape index (κ3) is 4.25. The maximum absolute atomic E-state index is 11.8. The highest BCUT2D eigenvalue weighted by atomic mass is 16.6. The summed E-state index contributed by atoms with van der Waals surface area (Å²) in [4.78, 5) is 23.0. The molecule has 0 aromatic heterocycles. The number of aryl methyl sites for hydroxylation is 1. The second kappa shape index (κ2) is 6.73. The Morgan fingerprint density at radius 3 is 2.53 bits per heavy atom. The first-order valence-electron chi connectivity index (χ1n) is 6.05. The Morgan fingerprint density at radius 1 is 1.32 bits per heavy atom. The Bertz CT molecular complexity index is 503. The molecule has 0 saturated carbocycles. The topological polar surface area (TPSA) is 52.6 Å². The molecular formula is C15H18O4. The van der Waals surface area contributed by atoms with Crippen molar-refractivity contribution in [3.05, 3.63) is 41.5 Å². The number of carbonyl (C=O) groups is 2. The Labute approximate surface area is 113 Å². The number of hydrogen-bond acceptors (Lipinski definition) is 4. The zero-order valence-corrected chi connectivity index (χ0v) is 11.5. The van der Waals surface area contributed by atoms with Gasteiger partial charge in [0.1, 0.15) is 5.75 Å². The normalized spacial score (nSPS) is 9.84. The van der Waals surface area contributed by atoms with E-state index in [0.717, 1.165) is 5.56 Å². The van der Waals surface area contributed by atoms with Gasteiger partial charge in [0.25, 0.3) is 0 Å². The van der Waals surface area contributed by atoms with E-state index in [1.54, 1.807) is 32.0 Å². The van der Waals surface area contributed by atoms with Crippen molar-refractivity contribution in [3.63, 3.8) is 0 Å². The van der Waals surface area contributed by atoms with E-state index >= 15 is 0 Å². The van der Waals surface area contributed by atoms with Crippen LogP contribution in [0.25, 0.3) is 0 Å². The summed E-state index contributed by atoms with van der Waals surface area (Å²) in [5.41, 5.74) is 1.87. The van der Waals surface area contributed by atoms with Gasteiger partial charge in [0.05, 0.1) is 6.61 Å². The highest BCUT2D eigenvalue weighted by Gasteiger charge is 2.11. The van der Waals surface area contributed by atoms with Gasteiger partial charge < -0.3 is 9.47 Å². The van der Waals surface area contributed by atoms with Crippen LogP contribution in [0.5, 0.6) is 5.75 Å². The Balaban J connectivity index is 2.74. The lowest BCUT2D eigenvalue weighted by Gasteiger charge is -2.09. The minimum Gasteiger partial charge on any atom is -0.482 e. The van der Waals surface area contributed by atoms with E-state index in [9.17, 15) is 9.59 Å². The van der Waals surface area contributed by atoms with E-state index in [-0.39, 0.29) is 12.4 Å². The number of hydrogen-bond donors (Lipinski definition) is 0. The molecule has 102 valence electrons. The van der Waals surface area contributed by atoms with Crippen LogP contribution in [0.4, 0.5) is 0 Å². The van der Waals surface area contributed by atoms with Gasteiger partial charge in [-0.1, -0.05) is 6.58 Å². The molecule has 1 aromatic carbocycles. The third-order valence-corrected chi connectivity index (χ3v) is 2.49. The van der Waals surface area contributed by atoms with Crippen molar-refractivity contribution in [2.24, 2.45) is 0 Å². The molecule has 0 heterocycles. The second-order valence-electron chi connectivity index (χ2n) is 4.18. The van der Waals surface area contributed by atoms with Crippen molar-refractivity contribution >= 4 is 11.8 Å². The summed E-state index contributed by atoms with van der Waals surface area (Å²) in [6, 6.07) is 5.05. The fourth-order valence-electron chi connectivity index (χ4n) is 1.56. The Hall–Kier alpha value is -2.10. The fraction of sp³-hybridized carbons (Fsp3) is 0.333. The largest absolute Gasteiger partial charge is 0.482 e. The molecule has 0 aliphatic rings. The molecule has 19 heavy (non-hydrogen) atoms. The molecule has 0 N–H and O–H groups in total. The summed E-state index contributed by atoms with van der Waals surface area (Å²) < 4.78 is 10.0. The van der Waals surface area contributed by atoms with Crippen molar-refractivity contribution in [1.82, 2.24) is 0 Å². The van der Waals surface area contributed by atoms with E-state index in [1.807, 2.05) is 6.92 Å². The summed E-state index contributed by atoms with van der Waals surface area (Å²) in [5.74, 6) is 0.0282. The molecule has 0 aliphatic heterocycles. The standard InChI is InChI=1S/C15H18O4/c1-5-18-14(16)9-19-12-6-7-13(11(4)8-12)15(17)10(2)3/h6-8H,2,5,9H2,1,3-4H3. The molecule has 0 unspecified atom stereocenters. The molecule has 0 radical (unpaired) electrons. The van der Waals surface area contributed by atoms with Gasteiger partial charge in [0, 0.05) is 5.56 Å². The Kier molecular flexibility index (Phi) is 5.30. The van der Waals surface area contributed by atoms with Crippen LogP contribution in [0.15, 0.2) is 30.4 Å². The molecule has 1 rings (SSSR count). The van der Waals surface area contributed by atoms with Gasteiger partial charge in [0.15, 0.2) is 12.4 Å². The molecule has 0 saturated heterocycles. The average Bonchev–Trinajstić information content (AvgIpc) is 2.36. The maximum atomic E-state index is 11.8. The first kappa shape index (κ1) is 15.0. The molecule has 1 aromatic rings. The average molecular weight is 262 g/mol. The molecule has 0 fully saturated rings. The van der Waals surface area contributed by atoms with Crippen molar-refractivity contribution in [1.29, 1.82) is 0 Å². The van der Waals surface area contributed by atoms with E-state index in [2.05, 4.69) is 6.58 Å². The molecule has 0 atom stereocenters. The molecule has 4 nitrogen and oxygen atoms in total. The van der Waals surface area contributed by atoms with Crippen LogP contribution in [0.2, 0.25) is 0 Å². The molecule has 4 heteroatoms. The van der Waals surface area contributed by atoms with E-state index in [0.29, 0.717) is 23.5 Å². The van der Waals surface area contributed by atoms with Crippen molar-refractivity contribution in [2.45, 2.75) is 20.8 Å². The van der Waals surface area contributed by atoms with Crippen LogP contribution in [-0.2, 0) is 9.53 Å². The number of carbonyl (C=O) groups excluding carboxylic acids is 2. The first-order valence-corrected chi connectivity index (χ1v) is 6.05. The molecule has 0 bridgehead atoms. The zero-order chi connectivity index (χ0) is 14.4. The van der Waals surface area contributed by atoms with Crippen LogP contribution in [0, 0.1) is 6.92 Å². The lowest BCUT2D eigenvalue weighted by Crippen LogP contribution is -2.14. The van der Waals surface area contributed by atoms with Gasteiger partial charge in [-0.05, 0) is 50.1 Å². The smallest absolute Gasteiger partial charge is 0.344 e. The number of benzene rings is 1. The number of ketones is 1. The van der Waals surface area contributed by atoms with Crippen LogP contribution in [0.3, 0.4) is 0 Å². The number of esters is 1. The predicted molar refractivity (Wildman–Crippen MR) is 72.5 cm³/mol. The SMILES string of the molecule is C=C(C)C(=O)c1ccc(OCC(=O)OCC)cc1C. The zero-order valence-electron chi connectivity index (χ0n) is 11.5. The first-order chi connectivity index (χ1) is 8.95. The number of Topliss-reactive ketones (excluding diaryl/α,β-unsaturated/α-hetero) is 1. The van der Waals surface area contributed by atoms with Crippen LogP contribution < -0.4 is 4.74 Å². The quantitative estimate of drug-likeness (QED) is 0.449. The van der Waals surface area contributed by atoms with Crippen molar-refractivity contribution in [2.75, 3.05) is 13.2 Å². The summed E-state index contributed by atoms with van der Waals surface area (Å²) >= 11 is 0.